The molecular formula is C24H17Cl3O5. The van der Waals surface area contributed by atoms with Crippen LogP contribution in [0.1, 0.15) is 5.56 Å². The number of fused-ring (bicyclic) bond motifs is 1. The highest BCUT2D eigenvalue weighted by Gasteiger charge is 2.20. The maximum atomic E-state index is 13.3. The normalized spacial score (nSPS) is 10.9. The number of rotatable bonds is 6. The van der Waals surface area contributed by atoms with E-state index in [0.717, 1.165) is 5.56 Å². The summed E-state index contributed by atoms with van der Waals surface area (Å²) >= 11 is 18.2. The first-order valence-electron chi connectivity index (χ1n) is 9.46. The summed E-state index contributed by atoms with van der Waals surface area (Å²) in [5, 5.41) is 1.55. The fourth-order valence-electron chi connectivity index (χ4n) is 3.23. The summed E-state index contributed by atoms with van der Waals surface area (Å²) in [6, 6.07) is 15.2. The van der Waals surface area contributed by atoms with Gasteiger partial charge in [0.25, 0.3) is 0 Å². The maximum Gasteiger partial charge on any atom is 0.235 e. The van der Waals surface area contributed by atoms with E-state index < -0.39 is 0 Å². The fraction of sp³-hybridized carbons (Fsp3) is 0.125. The van der Waals surface area contributed by atoms with Gasteiger partial charge >= 0.3 is 0 Å². The van der Waals surface area contributed by atoms with Crippen molar-refractivity contribution in [1.82, 2.24) is 0 Å². The summed E-state index contributed by atoms with van der Waals surface area (Å²) < 4.78 is 22.7. The molecule has 164 valence electrons. The zero-order chi connectivity index (χ0) is 22.8. The zero-order valence-corrected chi connectivity index (χ0v) is 19.3. The summed E-state index contributed by atoms with van der Waals surface area (Å²) in [6.07, 6.45) is 0. The van der Waals surface area contributed by atoms with Crippen molar-refractivity contribution >= 4 is 45.8 Å². The first-order valence-corrected chi connectivity index (χ1v) is 10.6. The van der Waals surface area contributed by atoms with E-state index in [-0.39, 0.29) is 23.5 Å². The van der Waals surface area contributed by atoms with Gasteiger partial charge in [0.05, 0.1) is 29.7 Å². The summed E-state index contributed by atoms with van der Waals surface area (Å²) in [5.41, 5.74) is 1.36. The van der Waals surface area contributed by atoms with Crippen molar-refractivity contribution in [1.29, 1.82) is 0 Å². The molecule has 8 heteroatoms. The molecule has 0 fully saturated rings. The van der Waals surface area contributed by atoms with Crippen molar-refractivity contribution in [3.63, 3.8) is 0 Å². The van der Waals surface area contributed by atoms with Crippen LogP contribution < -0.4 is 19.6 Å². The van der Waals surface area contributed by atoms with Gasteiger partial charge in [-0.2, -0.15) is 0 Å². The summed E-state index contributed by atoms with van der Waals surface area (Å²) in [4.78, 5) is 13.3. The predicted molar refractivity (Wildman–Crippen MR) is 127 cm³/mol. The van der Waals surface area contributed by atoms with Crippen LogP contribution >= 0.6 is 34.8 Å². The van der Waals surface area contributed by atoms with Crippen LogP contribution in [0.2, 0.25) is 15.1 Å². The molecule has 1 heterocycles. The van der Waals surface area contributed by atoms with Gasteiger partial charge in [0.15, 0.2) is 17.3 Å². The van der Waals surface area contributed by atoms with Gasteiger partial charge in [-0.05, 0) is 54.1 Å². The van der Waals surface area contributed by atoms with E-state index in [4.69, 9.17) is 53.4 Å². The molecule has 0 amide bonds. The number of methoxy groups -OCH3 is 2. The molecule has 0 aliphatic carbocycles. The molecule has 0 aliphatic heterocycles. The Labute approximate surface area is 199 Å². The molecule has 0 bridgehead atoms. The third-order valence-electron chi connectivity index (χ3n) is 4.82. The molecule has 0 N–H and O–H groups in total. The minimum Gasteiger partial charge on any atom is -0.493 e. The third-order valence-corrected chi connectivity index (χ3v) is 5.80. The molecular weight excluding hydrogens is 475 g/mol. The molecule has 3 aromatic carbocycles. The van der Waals surface area contributed by atoms with E-state index in [0.29, 0.717) is 43.1 Å². The maximum absolute atomic E-state index is 13.3. The Balaban J connectivity index is 1.86. The SMILES string of the molecule is COc1ccc(-c2oc3ccc(Cl)cc3c(=O)c2OCc2ccc(Cl)c(Cl)c2)cc1OC. The van der Waals surface area contributed by atoms with Crippen LogP contribution in [-0.4, -0.2) is 14.2 Å². The molecule has 1 aromatic heterocycles. The molecule has 5 nitrogen and oxygen atoms in total. The van der Waals surface area contributed by atoms with Gasteiger partial charge in [0.1, 0.15) is 12.2 Å². The zero-order valence-electron chi connectivity index (χ0n) is 17.1. The molecule has 0 saturated heterocycles. The number of halogens is 3. The van der Waals surface area contributed by atoms with Crippen LogP contribution in [0.25, 0.3) is 22.3 Å². The van der Waals surface area contributed by atoms with Crippen molar-refractivity contribution in [3.05, 3.63) is 85.5 Å². The molecule has 32 heavy (non-hydrogen) atoms. The Morgan fingerprint density at radius 2 is 1.62 bits per heavy atom. The molecule has 0 radical (unpaired) electrons. The molecule has 4 aromatic rings. The van der Waals surface area contributed by atoms with E-state index in [1.807, 2.05) is 0 Å². The van der Waals surface area contributed by atoms with Crippen molar-refractivity contribution < 1.29 is 18.6 Å². The van der Waals surface area contributed by atoms with Gasteiger partial charge in [0.2, 0.25) is 11.2 Å². The highest BCUT2D eigenvalue weighted by molar-refractivity contribution is 6.42. The van der Waals surface area contributed by atoms with E-state index in [1.165, 1.54) is 7.11 Å². The lowest BCUT2D eigenvalue weighted by Gasteiger charge is -2.14. The quantitative estimate of drug-likeness (QED) is 0.290. The van der Waals surface area contributed by atoms with Crippen LogP contribution in [0, 0.1) is 0 Å². The molecule has 0 spiro atoms. The smallest absolute Gasteiger partial charge is 0.235 e. The first-order chi connectivity index (χ1) is 15.4. The van der Waals surface area contributed by atoms with Crippen LogP contribution in [0.4, 0.5) is 0 Å². The Hall–Kier alpha value is -2.86. The van der Waals surface area contributed by atoms with E-state index in [9.17, 15) is 4.79 Å². The average Bonchev–Trinajstić information content (AvgIpc) is 2.80. The highest BCUT2D eigenvalue weighted by Crippen LogP contribution is 2.37. The van der Waals surface area contributed by atoms with Crippen LogP contribution in [0.5, 0.6) is 17.2 Å². The summed E-state index contributed by atoms with van der Waals surface area (Å²) in [7, 11) is 3.07. The van der Waals surface area contributed by atoms with Gasteiger partial charge in [-0.3, -0.25) is 4.79 Å². The van der Waals surface area contributed by atoms with E-state index in [1.54, 1.807) is 61.7 Å². The minimum absolute atomic E-state index is 0.0399. The second-order valence-electron chi connectivity index (χ2n) is 6.84. The van der Waals surface area contributed by atoms with E-state index >= 15 is 0 Å². The Morgan fingerprint density at radius 3 is 2.34 bits per heavy atom. The standard InChI is InChI=1S/C24H17Cl3O5/c1-29-20-7-4-14(10-21(20)30-2)23-24(31-12-13-3-6-17(26)18(27)9-13)22(28)16-11-15(25)5-8-19(16)32-23/h3-11H,12H2,1-2H3. The number of hydrogen-bond acceptors (Lipinski definition) is 5. The Kier molecular flexibility index (Phi) is 6.51. The third kappa shape index (κ3) is 4.37. The monoisotopic (exact) mass is 490 g/mol. The highest BCUT2D eigenvalue weighted by atomic mass is 35.5. The summed E-state index contributed by atoms with van der Waals surface area (Å²) in [6.45, 7) is 0.0774. The van der Waals surface area contributed by atoms with Gasteiger partial charge in [-0.25, -0.2) is 0 Å². The largest absolute Gasteiger partial charge is 0.493 e. The lowest BCUT2D eigenvalue weighted by Crippen LogP contribution is -2.10. The van der Waals surface area contributed by atoms with Crippen LogP contribution in [-0.2, 0) is 6.61 Å². The molecule has 4 rings (SSSR count). The van der Waals surface area contributed by atoms with Gasteiger partial charge < -0.3 is 18.6 Å². The topological polar surface area (TPSA) is 57.9 Å². The summed E-state index contributed by atoms with van der Waals surface area (Å²) in [5.74, 6) is 1.33. The van der Waals surface area contributed by atoms with Crippen molar-refractivity contribution in [2.45, 2.75) is 6.61 Å². The molecule has 0 unspecified atom stereocenters. The van der Waals surface area contributed by atoms with Crippen molar-refractivity contribution in [2.24, 2.45) is 0 Å². The van der Waals surface area contributed by atoms with Gasteiger partial charge in [-0.15, -0.1) is 0 Å². The van der Waals surface area contributed by atoms with Gasteiger partial charge in [-0.1, -0.05) is 40.9 Å². The number of ether oxygens (including phenoxy) is 3. The van der Waals surface area contributed by atoms with E-state index in [2.05, 4.69) is 0 Å². The lowest BCUT2D eigenvalue weighted by atomic mass is 10.1. The fourth-order valence-corrected chi connectivity index (χ4v) is 3.73. The van der Waals surface area contributed by atoms with Crippen LogP contribution in [0.15, 0.2) is 63.8 Å². The average molecular weight is 492 g/mol. The molecule has 0 atom stereocenters. The first kappa shape index (κ1) is 22.3. The van der Waals surface area contributed by atoms with Crippen molar-refractivity contribution in [3.8, 4) is 28.6 Å². The lowest BCUT2D eigenvalue weighted by molar-refractivity contribution is 0.298. The molecule has 0 saturated carbocycles. The van der Waals surface area contributed by atoms with Crippen molar-refractivity contribution in [2.75, 3.05) is 14.2 Å². The van der Waals surface area contributed by atoms with Gasteiger partial charge in [0, 0.05) is 10.6 Å². The second kappa shape index (κ2) is 9.33. The van der Waals surface area contributed by atoms with Crippen LogP contribution in [0.3, 0.4) is 0 Å². The number of hydrogen-bond donors (Lipinski definition) is 0. The Bertz CT molecular complexity index is 1360. The predicted octanol–water partition coefficient (Wildman–Crippen LogP) is 7.02. The molecule has 0 aliphatic rings. The Morgan fingerprint density at radius 1 is 0.844 bits per heavy atom. The second-order valence-corrected chi connectivity index (χ2v) is 8.09. The number of benzene rings is 3. The minimum atomic E-state index is -0.349.